The fourth-order valence-corrected chi connectivity index (χ4v) is 4.25. The first-order valence-corrected chi connectivity index (χ1v) is 13.6. The van der Waals surface area contributed by atoms with E-state index < -0.39 is 37.3 Å². The van der Waals surface area contributed by atoms with E-state index in [-0.39, 0.29) is 12.7 Å². The molecule has 1 aliphatic heterocycles. The van der Waals surface area contributed by atoms with Crippen LogP contribution in [-0.4, -0.2) is 85.6 Å². The molecule has 0 aromatic heterocycles. The Balaban J connectivity index is 1.97. The number of rotatable bonds is 22. The Kier molecular flexibility index (Phi) is 19.4. The minimum absolute atomic E-state index is 0.175. The molecular weight excluding hydrogens is 438 g/mol. The molecule has 8 heteroatoms. The van der Waals surface area contributed by atoms with Crippen LogP contribution in [-0.2, 0) is 18.9 Å². The van der Waals surface area contributed by atoms with Gasteiger partial charge >= 0.3 is 0 Å². The molecule has 0 saturated carbocycles. The van der Waals surface area contributed by atoms with E-state index in [1.165, 1.54) is 83.5 Å². The molecule has 0 radical (unpaired) electrons. The summed E-state index contributed by atoms with van der Waals surface area (Å²) in [6.07, 6.45) is 14.0. The van der Waals surface area contributed by atoms with Gasteiger partial charge in [0.1, 0.15) is 24.4 Å². The molecular formula is C26H53NO7. The number of nitrogens with two attached hydrogens (primary N) is 1. The number of methoxy groups -OCH3 is 1. The van der Waals surface area contributed by atoms with Gasteiger partial charge < -0.3 is 40.0 Å². The maximum absolute atomic E-state index is 10.00. The Labute approximate surface area is 207 Å². The Hall–Kier alpha value is -0.320. The van der Waals surface area contributed by atoms with Crippen molar-refractivity contribution < 1.29 is 34.3 Å². The molecule has 0 aliphatic carbocycles. The van der Waals surface area contributed by atoms with E-state index in [1.54, 1.807) is 7.11 Å². The van der Waals surface area contributed by atoms with Crippen LogP contribution in [0.1, 0.15) is 96.8 Å². The average molecular weight is 492 g/mol. The minimum Gasteiger partial charge on any atom is -0.394 e. The quantitative estimate of drug-likeness (QED) is 0.170. The van der Waals surface area contributed by atoms with E-state index in [0.717, 1.165) is 6.42 Å². The Morgan fingerprint density at radius 3 is 1.82 bits per heavy atom. The standard InChI is InChI=1S/C26H53NO7/c1-3-4-5-6-7-8-9-10-11-12-13-14-15-16-17-32-19-21(31-2)20-33-26-23(27)25(30)24(29)22(18-28)34-26/h21-26,28-30H,3-20,27H2,1-2H3/t21-,22+,23+,24+,25+,26-/m0/s1. The number of aliphatic hydroxyl groups excluding tert-OH is 3. The van der Waals surface area contributed by atoms with Gasteiger partial charge in [0.25, 0.3) is 0 Å². The molecule has 0 aromatic rings. The molecule has 0 bridgehead atoms. The number of hydrogen-bond donors (Lipinski definition) is 4. The summed E-state index contributed by atoms with van der Waals surface area (Å²) in [6, 6.07) is -0.910. The van der Waals surface area contributed by atoms with Gasteiger partial charge in [-0.25, -0.2) is 0 Å². The Morgan fingerprint density at radius 2 is 1.32 bits per heavy atom. The van der Waals surface area contributed by atoms with Crippen molar-refractivity contribution in [3.8, 4) is 0 Å². The monoisotopic (exact) mass is 491 g/mol. The van der Waals surface area contributed by atoms with Gasteiger partial charge in [-0.15, -0.1) is 0 Å². The van der Waals surface area contributed by atoms with Crippen molar-refractivity contribution >= 4 is 0 Å². The third-order valence-corrected chi connectivity index (χ3v) is 6.65. The highest BCUT2D eigenvalue weighted by Gasteiger charge is 2.43. The summed E-state index contributed by atoms with van der Waals surface area (Å²) in [5.74, 6) is 0. The van der Waals surface area contributed by atoms with Crippen LogP contribution in [0.4, 0.5) is 0 Å². The molecule has 34 heavy (non-hydrogen) atoms. The first-order chi connectivity index (χ1) is 16.5. The molecule has 6 atom stereocenters. The van der Waals surface area contributed by atoms with Crippen molar-refractivity contribution in [1.82, 2.24) is 0 Å². The number of ether oxygens (including phenoxy) is 4. The SMILES string of the molecule is CCCCCCCCCCCCCCCCOC[C@@H](CO[C@H]1O[C@H](CO)[C@@H](O)[C@H](O)[C@H]1N)OC. The van der Waals surface area contributed by atoms with Crippen LogP contribution in [0.5, 0.6) is 0 Å². The van der Waals surface area contributed by atoms with Gasteiger partial charge in [-0.05, 0) is 6.42 Å². The molecule has 0 unspecified atom stereocenters. The molecule has 0 aromatic carbocycles. The van der Waals surface area contributed by atoms with Gasteiger partial charge in [-0.2, -0.15) is 0 Å². The van der Waals surface area contributed by atoms with Crippen LogP contribution in [0.25, 0.3) is 0 Å². The van der Waals surface area contributed by atoms with Crippen molar-refractivity contribution in [3.05, 3.63) is 0 Å². The number of aliphatic hydroxyl groups is 3. The lowest BCUT2D eigenvalue weighted by Crippen LogP contribution is -2.62. The Morgan fingerprint density at radius 1 is 0.794 bits per heavy atom. The molecule has 0 amide bonds. The summed E-state index contributed by atoms with van der Waals surface area (Å²) in [4.78, 5) is 0. The largest absolute Gasteiger partial charge is 0.394 e. The zero-order chi connectivity index (χ0) is 25.0. The van der Waals surface area contributed by atoms with Crippen molar-refractivity contribution in [2.24, 2.45) is 5.73 Å². The molecule has 1 heterocycles. The van der Waals surface area contributed by atoms with Gasteiger partial charge in [-0.3, -0.25) is 0 Å². The van der Waals surface area contributed by atoms with E-state index >= 15 is 0 Å². The molecule has 1 saturated heterocycles. The highest BCUT2D eigenvalue weighted by Crippen LogP contribution is 2.21. The van der Waals surface area contributed by atoms with Crippen LogP contribution >= 0.6 is 0 Å². The zero-order valence-corrected chi connectivity index (χ0v) is 21.7. The van der Waals surface area contributed by atoms with Crippen molar-refractivity contribution in [1.29, 1.82) is 0 Å². The molecule has 1 rings (SSSR count). The van der Waals surface area contributed by atoms with Crippen molar-refractivity contribution in [2.45, 2.75) is 134 Å². The van der Waals surface area contributed by atoms with E-state index in [9.17, 15) is 15.3 Å². The Bertz CT molecular complexity index is 455. The third kappa shape index (κ3) is 13.7. The fraction of sp³-hybridized carbons (Fsp3) is 1.00. The minimum atomic E-state index is -1.24. The average Bonchev–Trinajstić information content (AvgIpc) is 2.85. The fourth-order valence-electron chi connectivity index (χ4n) is 4.25. The normalized spacial score (nSPS) is 26.1. The second kappa shape index (κ2) is 20.8. The highest BCUT2D eigenvalue weighted by molar-refractivity contribution is 4.91. The second-order valence-electron chi connectivity index (χ2n) is 9.65. The van der Waals surface area contributed by atoms with Gasteiger partial charge in [0.05, 0.1) is 25.9 Å². The summed E-state index contributed by atoms with van der Waals surface area (Å²) < 4.78 is 22.2. The highest BCUT2D eigenvalue weighted by atomic mass is 16.7. The first kappa shape index (κ1) is 31.7. The van der Waals surface area contributed by atoms with Crippen LogP contribution in [0, 0.1) is 0 Å². The molecule has 0 spiro atoms. The summed E-state index contributed by atoms with van der Waals surface area (Å²) >= 11 is 0. The number of hydrogen-bond acceptors (Lipinski definition) is 8. The predicted molar refractivity (Wildman–Crippen MR) is 134 cm³/mol. The third-order valence-electron chi connectivity index (χ3n) is 6.65. The smallest absolute Gasteiger partial charge is 0.175 e. The van der Waals surface area contributed by atoms with Crippen LogP contribution < -0.4 is 5.73 Å². The summed E-state index contributed by atoms with van der Waals surface area (Å²) in [5.41, 5.74) is 5.88. The lowest BCUT2D eigenvalue weighted by atomic mass is 9.98. The predicted octanol–water partition coefficient (Wildman–Crippen LogP) is 3.28. The molecule has 204 valence electrons. The van der Waals surface area contributed by atoms with E-state index in [0.29, 0.717) is 13.2 Å². The molecule has 1 aliphatic rings. The maximum atomic E-state index is 10.00. The maximum Gasteiger partial charge on any atom is 0.175 e. The van der Waals surface area contributed by atoms with Crippen molar-refractivity contribution in [3.63, 3.8) is 0 Å². The molecule has 1 fully saturated rings. The van der Waals surface area contributed by atoms with Gasteiger partial charge in [-0.1, -0.05) is 90.4 Å². The lowest BCUT2D eigenvalue weighted by Gasteiger charge is -2.40. The van der Waals surface area contributed by atoms with Crippen LogP contribution in [0.2, 0.25) is 0 Å². The van der Waals surface area contributed by atoms with E-state index in [1.807, 2.05) is 0 Å². The van der Waals surface area contributed by atoms with E-state index in [2.05, 4.69) is 6.92 Å². The van der Waals surface area contributed by atoms with Crippen LogP contribution in [0.3, 0.4) is 0 Å². The zero-order valence-electron chi connectivity index (χ0n) is 21.7. The second-order valence-corrected chi connectivity index (χ2v) is 9.65. The summed E-state index contributed by atoms with van der Waals surface area (Å²) in [6.45, 7) is 3.10. The lowest BCUT2D eigenvalue weighted by molar-refractivity contribution is -0.271. The van der Waals surface area contributed by atoms with Crippen LogP contribution in [0.15, 0.2) is 0 Å². The summed E-state index contributed by atoms with van der Waals surface area (Å²) in [5, 5.41) is 29.1. The van der Waals surface area contributed by atoms with E-state index in [4.69, 9.17) is 24.7 Å². The topological polar surface area (TPSA) is 124 Å². The molecule has 8 nitrogen and oxygen atoms in total. The van der Waals surface area contributed by atoms with Crippen molar-refractivity contribution in [2.75, 3.05) is 33.5 Å². The van der Waals surface area contributed by atoms with Gasteiger partial charge in [0, 0.05) is 13.7 Å². The van der Waals surface area contributed by atoms with Gasteiger partial charge in [0.2, 0.25) is 0 Å². The number of unbranched alkanes of at least 4 members (excludes halogenated alkanes) is 13. The summed E-state index contributed by atoms with van der Waals surface area (Å²) in [7, 11) is 1.58. The first-order valence-electron chi connectivity index (χ1n) is 13.6. The van der Waals surface area contributed by atoms with Gasteiger partial charge in [0.15, 0.2) is 6.29 Å². The molecule has 5 N–H and O–H groups in total.